The van der Waals surface area contributed by atoms with Crippen molar-refractivity contribution in [2.45, 2.75) is 19.1 Å². The van der Waals surface area contributed by atoms with Crippen LogP contribution in [-0.2, 0) is 22.3 Å². The molecule has 2 amide bonds. The molecule has 1 aliphatic rings. The molecule has 8 nitrogen and oxygen atoms in total. The molecule has 0 unspecified atom stereocenters. The molecule has 0 bridgehead atoms. The predicted molar refractivity (Wildman–Crippen MR) is 148 cm³/mol. The third-order valence-corrected chi connectivity index (χ3v) is 6.62. The number of benzene rings is 2. The van der Waals surface area contributed by atoms with Crippen LogP contribution in [-0.4, -0.2) is 48.0 Å². The highest BCUT2D eigenvalue weighted by Crippen LogP contribution is 2.39. The summed E-state index contributed by atoms with van der Waals surface area (Å²) < 4.78 is 53.0. The van der Waals surface area contributed by atoms with Crippen molar-refractivity contribution in [1.29, 1.82) is 0 Å². The first-order valence-corrected chi connectivity index (χ1v) is 13.0. The fourth-order valence-electron chi connectivity index (χ4n) is 4.53. The second-order valence-electron chi connectivity index (χ2n) is 9.56. The Morgan fingerprint density at radius 2 is 1.83 bits per heavy atom. The van der Waals surface area contributed by atoms with Crippen molar-refractivity contribution in [1.82, 2.24) is 15.2 Å². The van der Waals surface area contributed by atoms with Crippen LogP contribution in [0.15, 0.2) is 71.3 Å². The van der Waals surface area contributed by atoms with Crippen molar-refractivity contribution in [2.24, 2.45) is 0 Å². The fourth-order valence-corrected chi connectivity index (χ4v) is 4.53. The smallest absolute Gasteiger partial charge is 0.420 e. The number of carbonyl (C=O) groups is 2. The molecule has 11 heteroatoms. The summed E-state index contributed by atoms with van der Waals surface area (Å²) in [4.78, 5) is 30.7. The number of hydrogen-bond donors (Lipinski definition) is 2. The monoisotopic (exact) mass is 564 g/mol. The Bertz CT molecular complexity index is 1570. The number of aromatic nitrogens is 1. The quantitative estimate of drug-likeness (QED) is 0.308. The predicted octanol–water partition coefficient (Wildman–Crippen LogP) is 5.29. The number of halogens is 3. The topological polar surface area (TPSA) is 111 Å². The van der Waals surface area contributed by atoms with Crippen molar-refractivity contribution in [3.63, 3.8) is 0 Å². The highest BCUT2D eigenvalue weighted by atomic mass is 19.4. The van der Waals surface area contributed by atoms with Gasteiger partial charge < -0.3 is 25.1 Å². The number of furan rings is 1. The van der Waals surface area contributed by atoms with E-state index in [-0.39, 0.29) is 29.2 Å². The van der Waals surface area contributed by atoms with Gasteiger partial charge in [0, 0.05) is 42.9 Å². The molecule has 0 spiro atoms. The lowest BCUT2D eigenvalue weighted by Gasteiger charge is -2.19. The number of nitrogens with zero attached hydrogens (tertiary/aromatic N) is 2. The highest BCUT2D eigenvalue weighted by Gasteiger charge is 2.35. The van der Waals surface area contributed by atoms with Gasteiger partial charge in [-0.2, -0.15) is 13.2 Å². The summed E-state index contributed by atoms with van der Waals surface area (Å²) in [6.07, 6.45) is 0.400. The Morgan fingerprint density at radius 3 is 2.56 bits per heavy atom. The summed E-state index contributed by atoms with van der Waals surface area (Å²) in [6, 6.07) is 13.9. The van der Waals surface area contributed by atoms with Gasteiger partial charge in [-0.3, -0.25) is 9.59 Å². The molecule has 3 heterocycles. The molecule has 2 aromatic carbocycles. The molecule has 41 heavy (non-hydrogen) atoms. The number of amides is 2. The van der Waals surface area contributed by atoms with Gasteiger partial charge >= 0.3 is 6.18 Å². The molecule has 1 aliphatic heterocycles. The van der Waals surface area contributed by atoms with Crippen LogP contribution in [0, 0.1) is 0 Å². The maximum absolute atomic E-state index is 14.0. The Morgan fingerprint density at radius 1 is 1.02 bits per heavy atom. The van der Waals surface area contributed by atoms with E-state index in [4.69, 9.17) is 14.9 Å². The molecule has 212 valence electrons. The lowest BCUT2D eigenvalue weighted by atomic mass is 9.99. The zero-order valence-corrected chi connectivity index (χ0v) is 21.9. The van der Waals surface area contributed by atoms with Crippen LogP contribution in [0.1, 0.15) is 33.7 Å². The summed E-state index contributed by atoms with van der Waals surface area (Å²) in [7, 11) is 0. The van der Waals surface area contributed by atoms with E-state index in [0.29, 0.717) is 54.4 Å². The maximum atomic E-state index is 14.0. The first-order valence-electron chi connectivity index (χ1n) is 13.0. The van der Waals surface area contributed by atoms with E-state index >= 15 is 0 Å². The van der Waals surface area contributed by atoms with Gasteiger partial charge in [0.1, 0.15) is 17.2 Å². The van der Waals surface area contributed by atoms with Gasteiger partial charge in [-0.25, -0.2) is 4.98 Å². The van der Waals surface area contributed by atoms with Crippen LogP contribution in [0.3, 0.4) is 0 Å². The highest BCUT2D eigenvalue weighted by molar-refractivity contribution is 5.95. The van der Waals surface area contributed by atoms with E-state index in [1.807, 2.05) is 0 Å². The lowest BCUT2D eigenvalue weighted by Crippen LogP contribution is -2.33. The number of rotatable bonds is 6. The van der Waals surface area contributed by atoms with Crippen LogP contribution < -0.4 is 11.1 Å². The number of hydrogen-bond acceptors (Lipinski definition) is 6. The Kier molecular flexibility index (Phi) is 8.06. The molecule has 5 rings (SSSR count). The minimum atomic E-state index is -4.67. The van der Waals surface area contributed by atoms with Crippen molar-refractivity contribution in [3.8, 4) is 11.1 Å². The minimum Gasteiger partial charge on any atom is -0.459 e. The summed E-state index contributed by atoms with van der Waals surface area (Å²) in [5.41, 5.74) is 6.26. The molecule has 0 atom stereocenters. The van der Waals surface area contributed by atoms with E-state index in [1.165, 1.54) is 24.4 Å². The molecule has 0 saturated carbocycles. The summed E-state index contributed by atoms with van der Waals surface area (Å²) in [5, 5.41) is 2.85. The van der Waals surface area contributed by atoms with E-state index in [2.05, 4.69) is 10.3 Å². The first-order chi connectivity index (χ1) is 19.7. The standard InChI is InChI=1S/C30H27F3N4O4/c31-30(32,33)25-16-22(20-4-6-21(7-5-20)29(39)37-10-1-12-40-13-11-37)14-23-15-24(41-28(23)25)18-36-27(38)9-3-19-2-8-26(34)35-17-19/h2-9,14-17H,1,10-13,18H2,(H2,34,35)(H,36,38)/b9-3+. The molecule has 1 saturated heterocycles. The summed E-state index contributed by atoms with van der Waals surface area (Å²) in [6.45, 7) is 2.05. The van der Waals surface area contributed by atoms with Gasteiger partial charge in [0.15, 0.2) is 0 Å². The number of nitrogen functional groups attached to an aromatic ring is 1. The fraction of sp³-hybridized carbons (Fsp3) is 0.233. The van der Waals surface area contributed by atoms with Crippen molar-refractivity contribution in [2.75, 3.05) is 32.0 Å². The molecule has 0 radical (unpaired) electrons. The number of nitrogens with one attached hydrogen (secondary N) is 1. The minimum absolute atomic E-state index is 0.108. The Labute approximate surface area is 233 Å². The van der Waals surface area contributed by atoms with Crippen LogP contribution in [0.4, 0.5) is 19.0 Å². The van der Waals surface area contributed by atoms with Gasteiger partial charge in [-0.1, -0.05) is 12.1 Å². The zero-order chi connectivity index (χ0) is 29.0. The number of anilines is 1. The van der Waals surface area contributed by atoms with Gasteiger partial charge in [-0.05, 0) is 71.7 Å². The molecule has 3 N–H and O–H groups in total. The molecular weight excluding hydrogens is 537 g/mol. The van der Waals surface area contributed by atoms with Gasteiger partial charge in [0.2, 0.25) is 5.91 Å². The van der Waals surface area contributed by atoms with Crippen molar-refractivity contribution in [3.05, 3.63) is 89.3 Å². The number of ether oxygens (including phenoxy) is 1. The van der Waals surface area contributed by atoms with Gasteiger partial charge in [0.05, 0.1) is 18.7 Å². The number of fused-ring (bicyclic) bond motifs is 1. The molecular formula is C30H27F3N4O4. The lowest BCUT2D eigenvalue weighted by molar-refractivity contribution is -0.136. The number of nitrogens with two attached hydrogens (primary N) is 1. The maximum Gasteiger partial charge on any atom is 0.420 e. The third kappa shape index (κ3) is 6.75. The van der Waals surface area contributed by atoms with E-state index < -0.39 is 17.6 Å². The normalized spacial score (nSPS) is 14.4. The largest absolute Gasteiger partial charge is 0.459 e. The first kappa shape index (κ1) is 27.9. The summed E-state index contributed by atoms with van der Waals surface area (Å²) >= 11 is 0. The van der Waals surface area contributed by atoms with E-state index in [0.717, 1.165) is 12.5 Å². The average Bonchev–Trinajstić information content (AvgIpc) is 3.18. The third-order valence-electron chi connectivity index (χ3n) is 6.62. The molecule has 0 aliphatic carbocycles. The van der Waals surface area contributed by atoms with Crippen LogP contribution >= 0.6 is 0 Å². The second-order valence-corrected chi connectivity index (χ2v) is 9.56. The molecule has 2 aromatic heterocycles. The van der Waals surface area contributed by atoms with Gasteiger partial charge in [0.25, 0.3) is 5.91 Å². The second kappa shape index (κ2) is 11.8. The number of carbonyl (C=O) groups excluding carboxylic acids is 2. The number of pyridine rings is 1. The molecule has 1 fully saturated rings. The van der Waals surface area contributed by atoms with Crippen molar-refractivity contribution >= 4 is 34.7 Å². The summed E-state index contributed by atoms with van der Waals surface area (Å²) in [5.74, 6) is -0.0821. The van der Waals surface area contributed by atoms with Crippen LogP contribution in [0.25, 0.3) is 28.2 Å². The average molecular weight is 565 g/mol. The Balaban J connectivity index is 1.34. The molecule has 4 aromatic rings. The van der Waals surface area contributed by atoms with E-state index in [1.54, 1.807) is 47.4 Å². The van der Waals surface area contributed by atoms with Crippen LogP contribution in [0.2, 0.25) is 0 Å². The SMILES string of the molecule is Nc1ccc(/C=C/C(=O)NCc2cc3cc(-c4ccc(C(=O)N5CCCOCC5)cc4)cc(C(F)(F)F)c3o2)cn1. The van der Waals surface area contributed by atoms with Crippen LogP contribution in [0.5, 0.6) is 0 Å². The van der Waals surface area contributed by atoms with Gasteiger partial charge in [-0.15, -0.1) is 0 Å². The Hall–Kier alpha value is -4.64. The number of alkyl halides is 3. The van der Waals surface area contributed by atoms with Crippen molar-refractivity contribution < 1.29 is 31.9 Å². The van der Waals surface area contributed by atoms with E-state index in [9.17, 15) is 22.8 Å². The zero-order valence-electron chi connectivity index (χ0n) is 21.9.